The Morgan fingerprint density at radius 2 is 1.63 bits per heavy atom. The molecule has 0 aromatic heterocycles. The Bertz CT molecular complexity index is 880. The lowest BCUT2D eigenvalue weighted by atomic mass is 10.1. The highest BCUT2D eigenvalue weighted by atomic mass is 32.2. The van der Waals surface area contributed by atoms with Crippen molar-refractivity contribution in [2.45, 2.75) is 16.2 Å². The van der Waals surface area contributed by atoms with Crippen molar-refractivity contribution in [3.05, 3.63) is 60.2 Å². The Morgan fingerprint density at radius 1 is 1.00 bits per heavy atom. The van der Waals surface area contributed by atoms with Gasteiger partial charge in [-0.25, -0.2) is 8.42 Å². The SMILES string of the molecule is CN=C(NCCc1ccc(S(C)(=O)=O)cc1)NCCS(=O)c1ccccc1. The highest BCUT2D eigenvalue weighted by molar-refractivity contribution is 7.90. The van der Waals surface area contributed by atoms with Crippen molar-refractivity contribution in [1.29, 1.82) is 0 Å². The summed E-state index contributed by atoms with van der Waals surface area (Å²) in [5.41, 5.74) is 1.04. The Kier molecular flexibility index (Phi) is 7.99. The van der Waals surface area contributed by atoms with Gasteiger partial charge in [-0.2, -0.15) is 0 Å². The molecular formula is C19H25N3O3S2. The van der Waals surface area contributed by atoms with Gasteiger partial charge in [-0.1, -0.05) is 30.3 Å². The molecule has 0 aliphatic carbocycles. The lowest BCUT2D eigenvalue weighted by Crippen LogP contribution is -2.40. The van der Waals surface area contributed by atoms with Crippen LogP contribution in [0.15, 0.2) is 69.4 Å². The van der Waals surface area contributed by atoms with Crippen LogP contribution in [-0.2, 0) is 27.1 Å². The van der Waals surface area contributed by atoms with Crippen molar-refractivity contribution in [3.63, 3.8) is 0 Å². The molecule has 1 atom stereocenters. The minimum Gasteiger partial charge on any atom is -0.356 e. The van der Waals surface area contributed by atoms with Crippen molar-refractivity contribution >= 4 is 26.6 Å². The summed E-state index contributed by atoms with van der Waals surface area (Å²) in [6.45, 7) is 1.20. The van der Waals surface area contributed by atoms with Crippen LogP contribution in [0.1, 0.15) is 5.56 Å². The fourth-order valence-electron chi connectivity index (χ4n) is 2.40. The molecule has 0 bridgehead atoms. The molecule has 146 valence electrons. The topological polar surface area (TPSA) is 87.6 Å². The van der Waals surface area contributed by atoms with E-state index in [0.717, 1.165) is 16.9 Å². The molecule has 2 N–H and O–H groups in total. The fraction of sp³-hybridized carbons (Fsp3) is 0.316. The molecule has 6 nitrogen and oxygen atoms in total. The van der Waals surface area contributed by atoms with E-state index in [0.29, 0.717) is 29.7 Å². The van der Waals surface area contributed by atoms with Crippen molar-refractivity contribution in [3.8, 4) is 0 Å². The van der Waals surface area contributed by atoms with Crippen LogP contribution in [0.25, 0.3) is 0 Å². The highest BCUT2D eigenvalue weighted by Gasteiger charge is 2.06. The second-order valence-electron chi connectivity index (χ2n) is 5.95. The van der Waals surface area contributed by atoms with Gasteiger partial charge in [0, 0.05) is 37.0 Å². The molecule has 0 fully saturated rings. The summed E-state index contributed by atoms with van der Waals surface area (Å²) in [5.74, 6) is 1.14. The van der Waals surface area contributed by atoms with Gasteiger partial charge in [0.05, 0.1) is 15.7 Å². The molecule has 27 heavy (non-hydrogen) atoms. The number of hydrogen-bond donors (Lipinski definition) is 2. The average molecular weight is 408 g/mol. The van der Waals surface area contributed by atoms with Crippen LogP contribution in [-0.4, -0.2) is 50.7 Å². The summed E-state index contributed by atoms with van der Waals surface area (Å²) < 4.78 is 35.1. The summed E-state index contributed by atoms with van der Waals surface area (Å²) in [7, 11) is -2.52. The van der Waals surface area contributed by atoms with E-state index >= 15 is 0 Å². The van der Waals surface area contributed by atoms with E-state index in [2.05, 4.69) is 15.6 Å². The van der Waals surface area contributed by atoms with Crippen molar-refractivity contribution in [2.75, 3.05) is 32.1 Å². The van der Waals surface area contributed by atoms with Gasteiger partial charge < -0.3 is 10.6 Å². The Hall–Kier alpha value is -2.19. The number of benzene rings is 2. The van der Waals surface area contributed by atoms with E-state index in [4.69, 9.17) is 0 Å². The second-order valence-corrected chi connectivity index (χ2v) is 9.54. The van der Waals surface area contributed by atoms with Crippen LogP contribution in [0.2, 0.25) is 0 Å². The lowest BCUT2D eigenvalue weighted by molar-refractivity contribution is 0.602. The van der Waals surface area contributed by atoms with Gasteiger partial charge in [-0.05, 0) is 36.2 Å². The first kappa shape index (κ1) is 21.1. The molecule has 0 aliphatic rings. The van der Waals surface area contributed by atoms with Crippen LogP contribution in [0, 0.1) is 0 Å². The monoisotopic (exact) mass is 407 g/mol. The van der Waals surface area contributed by atoms with Crippen molar-refractivity contribution in [1.82, 2.24) is 10.6 Å². The molecule has 0 aliphatic heterocycles. The molecular weight excluding hydrogens is 382 g/mol. The number of nitrogens with one attached hydrogen (secondary N) is 2. The molecule has 2 rings (SSSR count). The van der Waals surface area contributed by atoms with E-state index in [1.165, 1.54) is 6.26 Å². The third-order valence-corrected chi connectivity index (χ3v) is 6.37. The van der Waals surface area contributed by atoms with E-state index in [-0.39, 0.29) is 0 Å². The lowest BCUT2D eigenvalue weighted by Gasteiger charge is -2.12. The first-order chi connectivity index (χ1) is 12.9. The first-order valence-electron chi connectivity index (χ1n) is 8.57. The van der Waals surface area contributed by atoms with Crippen molar-refractivity contribution in [2.24, 2.45) is 4.99 Å². The minimum absolute atomic E-state index is 0.322. The van der Waals surface area contributed by atoms with Crippen LogP contribution in [0.3, 0.4) is 0 Å². The van der Waals surface area contributed by atoms with Crippen LogP contribution in [0.5, 0.6) is 0 Å². The normalized spacial score (nSPS) is 13.2. The molecule has 0 heterocycles. The van der Waals surface area contributed by atoms with Gasteiger partial charge in [0.25, 0.3) is 0 Å². The van der Waals surface area contributed by atoms with E-state index in [1.807, 2.05) is 42.5 Å². The Balaban J connectivity index is 1.73. The molecule has 1 unspecified atom stereocenters. The Morgan fingerprint density at radius 3 is 2.22 bits per heavy atom. The maximum atomic E-state index is 12.2. The number of sulfone groups is 1. The van der Waals surface area contributed by atoms with Gasteiger partial charge in [0.1, 0.15) is 0 Å². The molecule has 0 saturated carbocycles. The predicted molar refractivity (Wildman–Crippen MR) is 110 cm³/mol. The van der Waals surface area contributed by atoms with Crippen molar-refractivity contribution < 1.29 is 12.6 Å². The molecule has 0 radical (unpaired) electrons. The molecule has 2 aromatic carbocycles. The molecule has 0 amide bonds. The van der Waals surface area contributed by atoms with Crippen LogP contribution < -0.4 is 10.6 Å². The average Bonchev–Trinajstić information content (AvgIpc) is 2.67. The number of hydrogen-bond acceptors (Lipinski definition) is 4. The van der Waals surface area contributed by atoms with Crippen LogP contribution >= 0.6 is 0 Å². The van der Waals surface area contributed by atoms with E-state index in [9.17, 15) is 12.6 Å². The van der Waals surface area contributed by atoms with Gasteiger partial charge in [0.2, 0.25) is 0 Å². The first-order valence-corrected chi connectivity index (χ1v) is 11.8. The summed E-state index contributed by atoms with van der Waals surface area (Å²) >= 11 is 0. The van der Waals surface area contributed by atoms with Gasteiger partial charge in [-0.3, -0.25) is 9.20 Å². The van der Waals surface area contributed by atoms with Gasteiger partial charge in [-0.15, -0.1) is 0 Å². The molecule has 8 heteroatoms. The van der Waals surface area contributed by atoms with Gasteiger partial charge in [0.15, 0.2) is 15.8 Å². The number of nitrogens with zero attached hydrogens (tertiary/aromatic N) is 1. The highest BCUT2D eigenvalue weighted by Crippen LogP contribution is 2.10. The number of guanidine groups is 1. The third-order valence-electron chi connectivity index (χ3n) is 3.87. The smallest absolute Gasteiger partial charge is 0.191 e. The quantitative estimate of drug-likeness (QED) is 0.513. The minimum atomic E-state index is -3.16. The second kappa shape index (κ2) is 10.2. The van der Waals surface area contributed by atoms with Gasteiger partial charge >= 0.3 is 0 Å². The molecule has 2 aromatic rings. The molecule has 0 spiro atoms. The zero-order chi connectivity index (χ0) is 19.7. The summed E-state index contributed by atoms with van der Waals surface area (Å²) in [4.78, 5) is 5.29. The maximum absolute atomic E-state index is 12.2. The predicted octanol–water partition coefficient (Wildman–Crippen LogP) is 1.61. The summed E-state index contributed by atoms with van der Waals surface area (Å²) in [5, 5.41) is 6.35. The number of rotatable bonds is 8. The van der Waals surface area contributed by atoms with E-state index < -0.39 is 20.6 Å². The zero-order valence-electron chi connectivity index (χ0n) is 15.5. The van der Waals surface area contributed by atoms with E-state index in [1.54, 1.807) is 19.2 Å². The molecule has 0 saturated heterocycles. The fourth-order valence-corrected chi connectivity index (χ4v) is 4.02. The third kappa shape index (κ3) is 7.15. The Labute approximate surface area is 163 Å². The number of aliphatic imine (C=N–C) groups is 1. The van der Waals surface area contributed by atoms with Crippen LogP contribution in [0.4, 0.5) is 0 Å². The largest absolute Gasteiger partial charge is 0.356 e. The zero-order valence-corrected chi connectivity index (χ0v) is 17.1. The maximum Gasteiger partial charge on any atom is 0.191 e. The summed E-state index contributed by atoms with van der Waals surface area (Å²) in [6, 6.07) is 16.3. The summed E-state index contributed by atoms with van der Waals surface area (Å²) in [6.07, 6.45) is 1.94. The standard InChI is InChI=1S/C19H25N3O3S2/c1-20-19(22-14-15-26(23)17-6-4-3-5-7-17)21-13-12-16-8-10-18(11-9-16)27(2,24)25/h3-11H,12-15H2,1-2H3,(H2,20,21,22).